The zero-order valence-corrected chi connectivity index (χ0v) is 11.9. The van der Waals surface area contributed by atoms with Crippen molar-refractivity contribution in [2.24, 2.45) is 11.8 Å². The van der Waals surface area contributed by atoms with E-state index in [1.807, 2.05) is 12.1 Å². The molecule has 1 fully saturated rings. The van der Waals surface area contributed by atoms with Crippen LogP contribution in [0.1, 0.15) is 38.7 Å². The standard InChI is InChI=1S/C15H22ClNO/c1-10-6-7-13(8-11(10)2)17-9-12-4-3-5-14(16)15(12)18/h3-5,10-11,13,17-18H,6-9H2,1-2H3. The smallest absolute Gasteiger partial charge is 0.138 e. The Bertz CT molecular complexity index is 407. The molecule has 3 unspecified atom stereocenters. The third-order valence-electron chi connectivity index (χ3n) is 4.25. The highest BCUT2D eigenvalue weighted by atomic mass is 35.5. The number of nitrogens with one attached hydrogen (secondary N) is 1. The number of halogens is 1. The van der Waals surface area contributed by atoms with Gasteiger partial charge in [0.1, 0.15) is 5.75 Å². The predicted molar refractivity (Wildman–Crippen MR) is 75.9 cm³/mol. The summed E-state index contributed by atoms with van der Waals surface area (Å²) >= 11 is 5.90. The molecule has 1 aliphatic carbocycles. The number of hydrogen-bond acceptors (Lipinski definition) is 2. The molecule has 2 rings (SSSR count). The van der Waals surface area contributed by atoms with Gasteiger partial charge in [0.2, 0.25) is 0 Å². The van der Waals surface area contributed by atoms with Crippen LogP contribution in [-0.4, -0.2) is 11.1 Å². The molecule has 0 saturated heterocycles. The second-order valence-corrected chi connectivity index (χ2v) is 6.00. The Morgan fingerprint density at radius 1 is 1.28 bits per heavy atom. The molecule has 1 aromatic rings. The maximum Gasteiger partial charge on any atom is 0.138 e. The summed E-state index contributed by atoms with van der Waals surface area (Å²) in [6, 6.07) is 6.08. The number of aromatic hydroxyl groups is 1. The molecule has 3 atom stereocenters. The van der Waals surface area contributed by atoms with Crippen LogP contribution in [0.2, 0.25) is 5.02 Å². The lowest BCUT2D eigenvalue weighted by molar-refractivity contribution is 0.225. The lowest BCUT2D eigenvalue weighted by Gasteiger charge is -2.32. The van der Waals surface area contributed by atoms with Gasteiger partial charge in [-0.25, -0.2) is 0 Å². The number of phenols is 1. The van der Waals surface area contributed by atoms with Gasteiger partial charge in [-0.2, -0.15) is 0 Å². The molecule has 0 bridgehead atoms. The van der Waals surface area contributed by atoms with Gasteiger partial charge < -0.3 is 10.4 Å². The minimum atomic E-state index is 0.212. The van der Waals surface area contributed by atoms with Gasteiger partial charge in [0.25, 0.3) is 0 Å². The van der Waals surface area contributed by atoms with Gasteiger partial charge in [-0.05, 0) is 37.2 Å². The zero-order valence-electron chi connectivity index (χ0n) is 11.1. The van der Waals surface area contributed by atoms with E-state index in [0.717, 1.165) is 17.4 Å². The van der Waals surface area contributed by atoms with Gasteiger partial charge in [-0.3, -0.25) is 0 Å². The van der Waals surface area contributed by atoms with Crippen molar-refractivity contribution in [2.75, 3.05) is 0 Å². The summed E-state index contributed by atoms with van der Waals surface area (Å²) in [5.41, 5.74) is 0.883. The molecular weight excluding hydrogens is 246 g/mol. The first-order valence-corrected chi connectivity index (χ1v) is 7.15. The van der Waals surface area contributed by atoms with Crippen molar-refractivity contribution in [2.45, 2.75) is 45.7 Å². The predicted octanol–water partition coefficient (Wildman–Crippen LogP) is 3.96. The molecule has 18 heavy (non-hydrogen) atoms. The first-order valence-electron chi connectivity index (χ1n) is 6.77. The van der Waals surface area contributed by atoms with E-state index in [1.54, 1.807) is 6.07 Å². The van der Waals surface area contributed by atoms with Crippen molar-refractivity contribution in [3.05, 3.63) is 28.8 Å². The molecule has 1 aliphatic rings. The Morgan fingerprint density at radius 2 is 2.06 bits per heavy atom. The largest absolute Gasteiger partial charge is 0.506 e. The van der Waals surface area contributed by atoms with Crippen molar-refractivity contribution in [3.63, 3.8) is 0 Å². The minimum Gasteiger partial charge on any atom is -0.506 e. The molecule has 0 heterocycles. The topological polar surface area (TPSA) is 32.3 Å². The highest BCUT2D eigenvalue weighted by Gasteiger charge is 2.24. The zero-order chi connectivity index (χ0) is 13.1. The van der Waals surface area contributed by atoms with Crippen LogP contribution in [0.15, 0.2) is 18.2 Å². The van der Waals surface area contributed by atoms with Crippen LogP contribution in [-0.2, 0) is 6.54 Å². The molecule has 0 amide bonds. The molecule has 0 aliphatic heterocycles. The van der Waals surface area contributed by atoms with Crippen molar-refractivity contribution >= 4 is 11.6 Å². The van der Waals surface area contributed by atoms with Gasteiger partial charge >= 0.3 is 0 Å². The second kappa shape index (κ2) is 5.94. The van der Waals surface area contributed by atoms with Crippen LogP contribution >= 0.6 is 11.6 Å². The van der Waals surface area contributed by atoms with E-state index in [9.17, 15) is 5.11 Å². The van der Waals surface area contributed by atoms with Crippen LogP contribution < -0.4 is 5.32 Å². The van der Waals surface area contributed by atoms with E-state index in [-0.39, 0.29) is 5.75 Å². The Hall–Kier alpha value is -0.730. The number of para-hydroxylation sites is 1. The maximum absolute atomic E-state index is 9.85. The lowest BCUT2D eigenvalue weighted by Crippen LogP contribution is -2.35. The second-order valence-electron chi connectivity index (χ2n) is 5.59. The van der Waals surface area contributed by atoms with E-state index in [0.29, 0.717) is 17.6 Å². The monoisotopic (exact) mass is 267 g/mol. The van der Waals surface area contributed by atoms with E-state index in [2.05, 4.69) is 19.2 Å². The molecule has 100 valence electrons. The van der Waals surface area contributed by atoms with Crippen molar-refractivity contribution in [1.29, 1.82) is 0 Å². The minimum absolute atomic E-state index is 0.212. The molecule has 0 aromatic heterocycles. The van der Waals surface area contributed by atoms with E-state index in [4.69, 9.17) is 11.6 Å². The summed E-state index contributed by atoms with van der Waals surface area (Å²) in [7, 11) is 0. The Labute approximate surface area is 114 Å². The van der Waals surface area contributed by atoms with Crippen LogP contribution in [0.25, 0.3) is 0 Å². The van der Waals surface area contributed by atoms with Crippen molar-refractivity contribution in [1.82, 2.24) is 5.32 Å². The van der Waals surface area contributed by atoms with Crippen molar-refractivity contribution in [3.8, 4) is 5.75 Å². The average molecular weight is 268 g/mol. The van der Waals surface area contributed by atoms with Crippen molar-refractivity contribution < 1.29 is 5.11 Å². The highest BCUT2D eigenvalue weighted by molar-refractivity contribution is 6.32. The van der Waals surface area contributed by atoms with Gasteiger partial charge in [-0.1, -0.05) is 37.6 Å². The number of hydrogen-bond donors (Lipinski definition) is 2. The van der Waals surface area contributed by atoms with Crippen LogP contribution in [0.3, 0.4) is 0 Å². The fraction of sp³-hybridized carbons (Fsp3) is 0.600. The fourth-order valence-electron chi connectivity index (χ4n) is 2.69. The average Bonchev–Trinajstić information content (AvgIpc) is 2.35. The molecular formula is C15H22ClNO. The lowest BCUT2D eigenvalue weighted by atomic mass is 9.79. The number of rotatable bonds is 3. The van der Waals surface area contributed by atoms with Crippen LogP contribution in [0.4, 0.5) is 0 Å². The van der Waals surface area contributed by atoms with E-state index < -0.39 is 0 Å². The SMILES string of the molecule is CC1CCC(NCc2cccc(Cl)c2O)CC1C. The summed E-state index contributed by atoms with van der Waals surface area (Å²) < 4.78 is 0. The Kier molecular flexibility index (Phi) is 4.52. The third-order valence-corrected chi connectivity index (χ3v) is 4.55. The van der Waals surface area contributed by atoms with Gasteiger partial charge in [0.15, 0.2) is 0 Å². The molecule has 1 aromatic carbocycles. The normalized spacial score (nSPS) is 28.3. The summed E-state index contributed by atoms with van der Waals surface area (Å²) in [6.45, 7) is 5.36. The van der Waals surface area contributed by atoms with Crippen LogP contribution in [0.5, 0.6) is 5.75 Å². The summed E-state index contributed by atoms with van der Waals surface area (Å²) in [5.74, 6) is 1.83. The van der Waals surface area contributed by atoms with Crippen LogP contribution in [0, 0.1) is 11.8 Å². The molecule has 3 heteroatoms. The number of phenolic OH excluding ortho intramolecular Hbond substituents is 1. The molecule has 0 spiro atoms. The molecule has 2 N–H and O–H groups in total. The quantitative estimate of drug-likeness (QED) is 0.869. The Morgan fingerprint density at radius 3 is 2.78 bits per heavy atom. The Balaban J connectivity index is 1.90. The van der Waals surface area contributed by atoms with Gasteiger partial charge in [0.05, 0.1) is 5.02 Å². The fourth-order valence-corrected chi connectivity index (χ4v) is 2.88. The molecule has 0 radical (unpaired) electrons. The summed E-state index contributed by atoms with van der Waals surface area (Å²) in [5, 5.41) is 13.8. The summed E-state index contributed by atoms with van der Waals surface area (Å²) in [6.07, 6.45) is 3.75. The van der Waals surface area contributed by atoms with E-state index in [1.165, 1.54) is 19.3 Å². The highest BCUT2D eigenvalue weighted by Crippen LogP contribution is 2.30. The first kappa shape index (κ1) is 13.7. The maximum atomic E-state index is 9.85. The molecule has 1 saturated carbocycles. The summed E-state index contributed by atoms with van der Waals surface area (Å²) in [4.78, 5) is 0. The first-order chi connectivity index (χ1) is 8.58. The van der Waals surface area contributed by atoms with E-state index >= 15 is 0 Å². The number of benzene rings is 1. The third kappa shape index (κ3) is 3.18. The van der Waals surface area contributed by atoms with Gasteiger partial charge in [-0.15, -0.1) is 0 Å². The molecule has 2 nitrogen and oxygen atoms in total. The van der Waals surface area contributed by atoms with Gasteiger partial charge in [0, 0.05) is 18.2 Å².